The lowest BCUT2D eigenvalue weighted by atomic mass is 9.89. The van der Waals surface area contributed by atoms with Crippen LogP contribution in [0.3, 0.4) is 0 Å². The molecular formula is C26H25FN4O. The molecule has 2 unspecified atom stereocenters. The highest BCUT2D eigenvalue weighted by Crippen LogP contribution is 2.53. The monoisotopic (exact) mass is 428 g/mol. The molecule has 5 nitrogen and oxygen atoms in total. The number of fused-ring (bicyclic) bond motifs is 3. The first-order valence-corrected chi connectivity index (χ1v) is 11.4. The van der Waals surface area contributed by atoms with E-state index in [9.17, 15) is 9.18 Å². The molecule has 0 spiro atoms. The quantitative estimate of drug-likeness (QED) is 0.432. The molecule has 0 aliphatic heterocycles. The van der Waals surface area contributed by atoms with Gasteiger partial charge in [0.1, 0.15) is 5.82 Å². The van der Waals surface area contributed by atoms with Gasteiger partial charge in [-0.15, -0.1) is 0 Å². The number of amides is 1. The number of pyridine rings is 1. The van der Waals surface area contributed by atoms with Crippen LogP contribution in [0.1, 0.15) is 43.6 Å². The second kappa shape index (κ2) is 7.69. The molecule has 2 heterocycles. The molecule has 2 aromatic heterocycles. The molecule has 2 N–H and O–H groups in total. The molecule has 6 rings (SSSR count). The Kier molecular flexibility index (Phi) is 4.67. The zero-order chi connectivity index (χ0) is 21.7. The summed E-state index contributed by atoms with van der Waals surface area (Å²) in [4.78, 5) is 17.1. The Labute approximate surface area is 185 Å². The van der Waals surface area contributed by atoms with Crippen molar-refractivity contribution in [2.75, 3.05) is 5.32 Å². The number of carbonyl (C=O) groups excluding carboxylic acids is 1. The van der Waals surface area contributed by atoms with E-state index in [1.54, 1.807) is 18.3 Å². The second-order valence-electron chi connectivity index (χ2n) is 9.51. The Bertz CT molecular complexity index is 1300. The van der Waals surface area contributed by atoms with Crippen molar-refractivity contribution in [3.8, 4) is 0 Å². The summed E-state index contributed by atoms with van der Waals surface area (Å²) in [5.41, 5.74) is 3.88. The van der Waals surface area contributed by atoms with E-state index in [1.807, 2.05) is 24.4 Å². The molecule has 0 saturated heterocycles. The standard InChI is InChI=1S/C26H25FN4O/c27-20-1-3-25-23(13-20)22(5-6-28-25)18-10-16-7-15(8-17(16)11-18)9-26(32)30-21-2-4-24-19(12-21)14-29-31-24/h1-6,12-18H,7-11H2,(H,29,31)(H,30,32)/t15?,16-,17+,18?. The molecule has 6 heteroatoms. The summed E-state index contributed by atoms with van der Waals surface area (Å²) in [6.07, 6.45) is 8.63. The number of nitrogens with one attached hydrogen (secondary N) is 2. The van der Waals surface area contributed by atoms with Gasteiger partial charge in [-0.2, -0.15) is 5.10 Å². The summed E-state index contributed by atoms with van der Waals surface area (Å²) in [5.74, 6) is 2.07. The first kappa shape index (κ1) is 19.4. The van der Waals surface area contributed by atoms with Crippen molar-refractivity contribution < 1.29 is 9.18 Å². The Morgan fingerprint density at radius 3 is 2.75 bits per heavy atom. The molecule has 0 bridgehead atoms. The zero-order valence-electron chi connectivity index (χ0n) is 17.7. The highest BCUT2D eigenvalue weighted by Gasteiger charge is 2.42. The lowest BCUT2D eigenvalue weighted by molar-refractivity contribution is -0.117. The smallest absolute Gasteiger partial charge is 0.224 e. The molecule has 0 radical (unpaired) electrons. The number of benzene rings is 2. The van der Waals surface area contributed by atoms with E-state index in [0.717, 1.165) is 53.2 Å². The third kappa shape index (κ3) is 3.53. The number of anilines is 1. The molecule has 1 amide bonds. The molecule has 2 fully saturated rings. The van der Waals surface area contributed by atoms with Crippen LogP contribution in [-0.4, -0.2) is 21.1 Å². The molecule has 2 aliphatic rings. The summed E-state index contributed by atoms with van der Waals surface area (Å²) in [6, 6.07) is 12.7. The Hall–Kier alpha value is -3.28. The minimum absolute atomic E-state index is 0.0879. The van der Waals surface area contributed by atoms with E-state index in [1.165, 1.54) is 11.6 Å². The van der Waals surface area contributed by atoms with Crippen LogP contribution < -0.4 is 5.32 Å². The summed E-state index contributed by atoms with van der Waals surface area (Å²) in [6.45, 7) is 0. The number of nitrogens with zero attached hydrogens (tertiary/aromatic N) is 2. The summed E-state index contributed by atoms with van der Waals surface area (Å²) in [7, 11) is 0. The van der Waals surface area contributed by atoms with Gasteiger partial charge in [-0.3, -0.25) is 14.9 Å². The minimum atomic E-state index is -0.206. The van der Waals surface area contributed by atoms with Crippen molar-refractivity contribution in [1.29, 1.82) is 0 Å². The fourth-order valence-electron chi connectivity index (χ4n) is 6.15. The summed E-state index contributed by atoms with van der Waals surface area (Å²) < 4.78 is 13.9. The minimum Gasteiger partial charge on any atom is -0.326 e. The maximum atomic E-state index is 13.9. The molecule has 32 heavy (non-hydrogen) atoms. The summed E-state index contributed by atoms with van der Waals surface area (Å²) in [5, 5.41) is 11.9. The van der Waals surface area contributed by atoms with Crippen LogP contribution in [0.4, 0.5) is 10.1 Å². The van der Waals surface area contributed by atoms with Crippen LogP contribution in [0.25, 0.3) is 21.8 Å². The molecular weight excluding hydrogens is 403 g/mol. The van der Waals surface area contributed by atoms with Crippen LogP contribution in [0, 0.1) is 23.6 Å². The van der Waals surface area contributed by atoms with E-state index in [-0.39, 0.29) is 11.7 Å². The van der Waals surface area contributed by atoms with Gasteiger partial charge in [0, 0.05) is 29.1 Å². The predicted molar refractivity (Wildman–Crippen MR) is 123 cm³/mol. The number of carbonyl (C=O) groups is 1. The SMILES string of the molecule is O=C(CC1C[C@@H]2CC(c3ccnc4ccc(F)cc34)C[C@@H]2C1)Nc1ccc2[nH]ncc2c1. The van der Waals surface area contributed by atoms with Gasteiger partial charge in [-0.05, 0) is 97.4 Å². The number of halogens is 1. The Morgan fingerprint density at radius 2 is 1.91 bits per heavy atom. The van der Waals surface area contributed by atoms with Crippen molar-refractivity contribution in [3.05, 3.63) is 66.2 Å². The normalized spacial score (nSPS) is 24.8. The van der Waals surface area contributed by atoms with E-state index in [0.29, 0.717) is 30.1 Å². The molecule has 2 aliphatic carbocycles. The van der Waals surface area contributed by atoms with E-state index in [4.69, 9.17) is 0 Å². The zero-order valence-corrected chi connectivity index (χ0v) is 17.7. The Balaban J connectivity index is 1.09. The van der Waals surface area contributed by atoms with Gasteiger partial charge < -0.3 is 5.32 Å². The average molecular weight is 429 g/mol. The Morgan fingerprint density at radius 1 is 1.06 bits per heavy atom. The number of aromatic amines is 1. The van der Waals surface area contributed by atoms with Crippen molar-refractivity contribution in [3.63, 3.8) is 0 Å². The number of hydrogen-bond donors (Lipinski definition) is 2. The first-order chi connectivity index (χ1) is 15.6. The van der Waals surface area contributed by atoms with Crippen molar-refractivity contribution in [2.45, 2.75) is 38.0 Å². The first-order valence-electron chi connectivity index (χ1n) is 11.4. The predicted octanol–water partition coefficient (Wildman–Crippen LogP) is 5.80. The fraction of sp³-hybridized carbons (Fsp3) is 0.346. The fourth-order valence-corrected chi connectivity index (χ4v) is 6.15. The highest BCUT2D eigenvalue weighted by molar-refractivity contribution is 5.93. The van der Waals surface area contributed by atoms with Crippen molar-refractivity contribution >= 4 is 33.4 Å². The average Bonchev–Trinajstić information content (AvgIpc) is 3.47. The lowest BCUT2D eigenvalue weighted by Crippen LogP contribution is -2.15. The molecule has 2 saturated carbocycles. The third-order valence-corrected chi connectivity index (χ3v) is 7.49. The van der Waals surface area contributed by atoms with E-state index in [2.05, 4.69) is 26.6 Å². The molecule has 4 aromatic rings. The van der Waals surface area contributed by atoms with Gasteiger partial charge in [-0.25, -0.2) is 4.39 Å². The van der Waals surface area contributed by atoms with Crippen LogP contribution in [0.5, 0.6) is 0 Å². The number of hydrogen-bond acceptors (Lipinski definition) is 3. The number of aromatic nitrogens is 3. The van der Waals surface area contributed by atoms with E-state index >= 15 is 0 Å². The number of rotatable bonds is 4. The van der Waals surface area contributed by atoms with Gasteiger partial charge in [0.2, 0.25) is 5.91 Å². The highest BCUT2D eigenvalue weighted by atomic mass is 19.1. The largest absolute Gasteiger partial charge is 0.326 e. The molecule has 162 valence electrons. The molecule has 4 atom stereocenters. The van der Waals surface area contributed by atoms with Crippen LogP contribution in [0.15, 0.2) is 54.9 Å². The second-order valence-corrected chi connectivity index (χ2v) is 9.51. The van der Waals surface area contributed by atoms with Crippen LogP contribution in [-0.2, 0) is 4.79 Å². The van der Waals surface area contributed by atoms with E-state index < -0.39 is 0 Å². The van der Waals surface area contributed by atoms with Gasteiger partial charge in [0.25, 0.3) is 0 Å². The third-order valence-electron chi connectivity index (χ3n) is 7.49. The van der Waals surface area contributed by atoms with Gasteiger partial charge >= 0.3 is 0 Å². The van der Waals surface area contributed by atoms with Crippen LogP contribution in [0.2, 0.25) is 0 Å². The van der Waals surface area contributed by atoms with Crippen LogP contribution >= 0.6 is 0 Å². The maximum absolute atomic E-state index is 13.9. The van der Waals surface area contributed by atoms with Gasteiger partial charge in [-0.1, -0.05) is 0 Å². The van der Waals surface area contributed by atoms with Crippen molar-refractivity contribution in [1.82, 2.24) is 15.2 Å². The van der Waals surface area contributed by atoms with Gasteiger partial charge in [0.15, 0.2) is 0 Å². The number of H-pyrrole nitrogens is 1. The topological polar surface area (TPSA) is 70.7 Å². The molecule has 2 aromatic carbocycles. The lowest BCUT2D eigenvalue weighted by Gasteiger charge is -2.17. The van der Waals surface area contributed by atoms with Gasteiger partial charge in [0.05, 0.1) is 17.2 Å². The summed E-state index contributed by atoms with van der Waals surface area (Å²) >= 11 is 0. The van der Waals surface area contributed by atoms with Crippen molar-refractivity contribution in [2.24, 2.45) is 17.8 Å². The maximum Gasteiger partial charge on any atom is 0.224 e.